The predicted octanol–water partition coefficient (Wildman–Crippen LogP) is -3.46. The summed E-state index contributed by atoms with van der Waals surface area (Å²) in [5, 5.41) is 18.9. The molecule has 0 aliphatic heterocycles. The Morgan fingerprint density at radius 3 is 2.27 bits per heavy atom. The van der Waals surface area contributed by atoms with Gasteiger partial charge in [-0.3, -0.25) is 0 Å². The summed E-state index contributed by atoms with van der Waals surface area (Å²) in [5.74, 6) is -1.01. The summed E-state index contributed by atoms with van der Waals surface area (Å²) >= 11 is 0. The molecule has 0 aromatic carbocycles. The van der Waals surface area contributed by atoms with Crippen LogP contribution in [0.25, 0.3) is 0 Å². The van der Waals surface area contributed by atoms with Crippen molar-refractivity contribution in [3.8, 4) is 0 Å². The van der Waals surface area contributed by atoms with Crippen molar-refractivity contribution in [1.82, 2.24) is 0 Å². The number of carbonyl (C=O) groups is 1. The molecule has 0 bridgehead atoms. The standard InChI is InChI=1S/C7H14O3.Na/c1-5(6(2)8)3-4-7(9)10;/h5-6,8H,3-4H2,1-2H3,(H,9,10);/q;+1/p-1. The van der Waals surface area contributed by atoms with Gasteiger partial charge in [-0.1, -0.05) is 6.92 Å². The van der Waals surface area contributed by atoms with Gasteiger partial charge in [0.15, 0.2) is 0 Å². The van der Waals surface area contributed by atoms with Crippen LogP contribution in [0.3, 0.4) is 0 Å². The average molecular weight is 168 g/mol. The van der Waals surface area contributed by atoms with Crippen LogP contribution in [0.5, 0.6) is 0 Å². The molecule has 60 valence electrons. The van der Waals surface area contributed by atoms with Gasteiger partial charge in [0.25, 0.3) is 0 Å². The number of hydrogen-bond donors (Lipinski definition) is 1. The molecular weight excluding hydrogens is 155 g/mol. The molecule has 0 saturated carbocycles. The smallest absolute Gasteiger partial charge is 0.550 e. The van der Waals surface area contributed by atoms with Crippen molar-refractivity contribution in [2.75, 3.05) is 0 Å². The number of aliphatic carboxylic acids is 1. The second kappa shape index (κ2) is 7.10. The Kier molecular flexibility index (Phi) is 9.02. The first-order valence-electron chi connectivity index (χ1n) is 3.42. The number of aliphatic hydroxyl groups excluding tert-OH is 1. The van der Waals surface area contributed by atoms with E-state index in [4.69, 9.17) is 5.11 Å². The van der Waals surface area contributed by atoms with Crippen LogP contribution in [0.4, 0.5) is 0 Å². The normalized spacial score (nSPS) is 14.8. The molecule has 4 heteroatoms. The van der Waals surface area contributed by atoms with Crippen molar-refractivity contribution in [1.29, 1.82) is 0 Å². The van der Waals surface area contributed by atoms with E-state index in [-0.39, 0.29) is 41.9 Å². The molecule has 3 nitrogen and oxygen atoms in total. The van der Waals surface area contributed by atoms with E-state index in [1.165, 1.54) is 0 Å². The Morgan fingerprint density at radius 2 is 2.00 bits per heavy atom. The molecule has 0 aromatic heterocycles. The first kappa shape index (κ1) is 14.0. The maximum atomic E-state index is 9.93. The SMILES string of the molecule is CC(O)C(C)CCC(=O)[O-].[Na+]. The third-order valence-electron chi connectivity index (χ3n) is 1.63. The predicted molar refractivity (Wildman–Crippen MR) is 35.1 cm³/mol. The molecule has 0 saturated heterocycles. The van der Waals surface area contributed by atoms with E-state index in [0.29, 0.717) is 6.42 Å². The topological polar surface area (TPSA) is 60.4 Å². The van der Waals surface area contributed by atoms with E-state index in [1.54, 1.807) is 6.92 Å². The third-order valence-corrected chi connectivity index (χ3v) is 1.63. The second-order valence-corrected chi connectivity index (χ2v) is 2.63. The molecule has 0 aliphatic carbocycles. The third kappa shape index (κ3) is 8.34. The Hall–Kier alpha value is 0.430. The number of rotatable bonds is 4. The second-order valence-electron chi connectivity index (χ2n) is 2.63. The molecule has 2 unspecified atom stereocenters. The van der Waals surface area contributed by atoms with Gasteiger partial charge in [0.05, 0.1) is 6.10 Å². The zero-order chi connectivity index (χ0) is 8.15. The molecule has 0 heterocycles. The van der Waals surface area contributed by atoms with Crippen molar-refractivity contribution < 1.29 is 44.6 Å². The van der Waals surface area contributed by atoms with E-state index in [0.717, 1.165) is 0 Å². The average Bonchev–Trinajstić information content (AvgIpc) is 1.82. The van der Waals surface area contributed by atoms with Crippen molar-refractivity contribution >= 4 is 5.97 Å². The first-order chi connectivity index (χ1) is 4.54. The molecule has 0 spiro atoms. The van der Waals surface area contributed by atoms with Crippen LogP contribution in [0.1, 0.15) is 26.7 Å². The van der Waals surface area contributed by atoms with Crippen LogP contribution >= 0.6 is 0 Å². The minimum Gasteiger partial charge on any atom is -0.550 e. The fourth-order valence-electron chi connectivity index (χ4n) is 0.587. The molecule has 0 fully saturated rings. The Bertz CT molecular complexity index is 114. The minimum absolute atomic E-state index is 0. The summed E-state index contributed by atoms with van der Waals surface area (Å²) < 4.78 is 0. The van der Waals surface area contributed by atoms with Gasteiger partial charge < -0.3 is 15.0 Å². The van der Waals surface area contributed by atoms with Crippen molar-refractivity contribution in [2.24, 2.45) is 5.92 Å². The Morgan fingerprint density at radius 1 is 1.55 bits per heavy atom. The van der Waals surface area contributed by atoms with Gasteiger partial charge in [-0.15, -0.1) is 0 Å². The van der Waals surface area contributed by atoms with Crippen molar-refractivity contribution in [3.05, 3.63) is 0 Å². The maximum Gasteiger partial charge on any atom is 1.00 e. The van der Waals surface area contributed by atoms with Gasteiger partial charge in [-0.2, -0.15) is 0 Å². The monoisotopic (exact) mass is 168 g/mol. The molecule has 0 rings (SSSR count). The van der Waals surface area contributed by atoms with Gasteiger partial charge >= 0.3 is 29.6 Å². The van der Waals surface area contributed by atoms with E-state index < -0.39 is 12.1 Å². The maximum absolute atomic E-state index is 9.93. The molecule has 0 aromatic rings. The summed E-state index contributed by atoms with van der Waals surface area (Å²) in [7, 11) is 0. The Labute approximate surface area is 89.1 Å². The van der Waals surface area contributed by atoms with Gasteiger partial charge in [0.2, 0.25) is 0 Å². The summed E-state index contributed by atoms with van der Waals surface area (Å²) in [5.41, 5.74) is 0. The van der Waals surface area contributed by atoms with Crippen LogP contribution in [-0.4, -0.2) is 17.2 Å². The van der Waals surface area contributed by atoms with Crippen LogP contribution in [0.2, 0.25) is 0 Å². The van der Waals surface area contributed by atoms with Gasteiger partial charge in [0.1, 0.15) is 0 Å². The fourth-order valence-corrected chi connectivity index (χ4v) is 0.587. The molecule has 2 atom stereocenters. The zero-order valence-corrected chi connectivity index (χ0v) is 9.33. The van der Waals surface area contributed by atoms with Gasteiger partial charge in [-0.25, -0.2) is 0 Å². The largest absolute Gasteiger partial charge is 1.00 e. The van der Waals surface area contributed by atoms with E-state index in [1.807, 2.05) is 6.92 Å². The number of aliphatic hydroxyl groups is 1. The number of carbonyl (C=O) groups excluding carboxylic acids is 1. The van der Waals surface area contributed by atoms with E-state index in [2.05, 4.69) is 0 Å². The Balaban J connectivity index is 0. The van der Waals surface area contributed by atoms with E-state index in [9.17, 15) is 9.90 Å². The number of carboxylic acid groups (broad SMARTS) is 1. The zero-order valence-electron chi connectivity index (χ0n) is 7.33. The summed E-state index contributed by atoms with van der Waals surface area (Å²) in [6, 6.07) is 0. The summed E-state index contributed by atoms with van der Waals surface area (Å²) in [6.07, 6.45) is 0.0887. The van der Waals surface area contributed by atoms with Crippen LogP contribution < -0.4 is 34.7 Å². The van der Waals surface area contributed by atoms with Crippen molar-refractivity contribution in [3.63, 3.8) is 0 Å². The van der Waals surface area contributed by atoms with Gasteiger partial charge in [0, 0.05) is 5.97 Å². The number of hydrogen-bond acceptors (Lipinski definition) is 3. The number of carboxylic acids is 1. The molecular formula is C7H13NaO3. The van der Waals surface area contributed by atoms with Crippen LogP contribution in [-0.2, 0) is 4.79 Å². The summed E-state index contributed by atoms with van der Waals surface area (Å²) in [4.78, 5) is 9.93. The van der Waals surface area contributed by atoms with E-state index >= 15 is 0 Å². The fraction of sp³-hybridized carbons (Fsp3) is 0.857. The molecule has 0 aliphatic rings. The first-order valence-corrected chi connectivity index (χ1v) is 3.42. The molecule has 1 N–H and O–H groups in total. The van der Waals surface area contributed by atoms with Crippen LogP contribution in [0.15, 0.2) is 0 Å². The quantitative estimate of drug-likeness (QED) is 0.444. The van der Waals surface area contributed by atoms with Gasteiger partial charge in [-0.05, 0) is 25.7 Å². The molecule has 0 amide bonds. The van der Waals surface area contributed by atoms with Crippen molar-refractivity contribution in [2.45, 2.75) is 32.8 Å². The minimum atomic E-state index is -1.05. The van der Waals surface area contributed by atoms with Crippen LogP contribution in [0, 0.1) is 5.92 Å². The molecule has 0 radical (unpaired) electrons. The molecule has 11 heavy (non-hydrogen) atoms. The summed E-state index contributed by atoms with van der Waals surface area (Å²) in [6.45, 7) is 3.47.